The zero-order valence-electron chi connectivity index (χ0n) is 20.0. The SMILES string of the molecule is CCCCCCCC/C=C/CCCCCCCCCC1=NCC[N+]1(CC)C(C)O. The first-order chi connectivity index (χ1) is 14.2. The molecule has 0 radical (unpaired) electrons. The van der Waals surface area contributed by atoms with Gasteiger partial charge in [-0.15, -0.1) is 0 Å². The van der Waals surface area contributed by atoms with Gasteiger partial charge in [-0.2, -0.15) is 0 Å². The maximum Gasteiger partial charge on any atom is 0.200 e. The van der Waals surface area contributed by atoms with E-state index in [-0.39, 0.29) is 6.23 Å². The molecule has 0 saturated carbocycles. The molecule has 0 amide bonds. The highest BCUT2D eigenvalue weighted by Crippen LogP contribution is 2.23. The lowest BCUT2D eigenvalue weighted by Gasteiger charge is -2.36. The van der Waals surface area contributed by atoms with E-state index in [2.05, 4.69) is 26.0 Å². The summed E-state index contributed by atoms with van der Waals surface area (Å²) in [6, 6.07) is 0. The number of hydrogen-bond donors (Lipinski definition) is 1. The van der Waals surface area contributed by atoms with Crippen LogP contribution >= 0.6 is 0 Å². The molecule has 0 spiro atoms. The van der Waals surface area contributed by atoms with Gasteiger partial charge in [-0.05, 0) is 39.0 Å². The first kappa shape index (κ1) is 26.4. The molecule has 1 aliphatic rings. The summed E-state index contributed by atoms with van der Waals surface area (Å²) in [5.74, 6) is 1.25. The summed E-state index contributed by atoms with van der Waals surface area (Å²) in [6.45, 7) is 9.22. The first-order valence-electron chi connectivity index (χ1n) is 12.9. The van der Waals surface area contributed by atoms with Gasteiger partial charge >= 0.3 is 0 Å². The van der Waals surface area contributed by atoms with Crippen molar-refractivity contribution in [3.63, 3.8) is 0 Å². The molecular weight excluding hydrogens is 356 g/mol. The fourth-order valence-corrected chi connectivity index (χ4v) is 4.64. The summed E-state index contributed by atoms with van der Waals surface area (Å²) in [4.78, 5) is 4.71. The number of likely N-dealkylation sites (N-methyl/N-ethyl adjacent to an activating group) is 1. The molecule has 0 fully saturated rings. The summed E-state index contributed by atoms with van der Waals surface area (Å²) >= 11 is 0. The molecule has 1 rings (SSSR count). The second-order valence-corrected chi connectivity index (χ2v) is 9.05. The van der Waals surface area contributed by atoms with Crippen molar-refractivity contribution in [1.82, 2.24) is 0 Å². The minimum absolute atomic E-state index is 0.318. The molecule has 2 unspecified atom stereocenters. The van der Waals surface area contributed by atoms with Crippen LogP contribution in [0.5, 0.6) is 0 Å². The van der Waals surface area contributed by atoms with Crippen molar-refractivity contribution in [1.29, 1.82) is 0 Å². The fourth-order valence-electron chi connectivity index (χ4n) is 4.64. The van der Waals surface area contributed by atoms with E-state index >= 15 is 0 Å². The predicted octanol–water partition coefficient (Wildman–Crippen LogP) is 7.39. The molecule has 29 heavy (non-hydrogen) atoms. The van der Waals surface area contributed by atoms with Crippen LogP contribution < -0.4 is 0 Å². The molecule has 2 atom stereocenters. The van der Waals surface area contributed by atoms with Crippen molar-refractivity contribution in [3.05, 3.63) is 12.2 Å². The molecule has 0 bridgehead atoms. The lowest BCUT2D eigenvalue weighted by atomic mass is 10.1. The molecule has 3 heteroatoms. The Kier molecular flexibility index (Phi) is 15.5. The van der Waals surface area contributed by atoms with Crippen molar-refractivity contribution >= 4 is 5.84 Å². The maximum absolute atomic E-state index is 10.2. The monoisotopic (exact) mass is 407 g/mol. The van der Waals surface area contributed by atoms with Gasteiger partial charge in [0.25, 0.3) is 0 Å². The van der Waals surface area contributed by atoms with E-state index in [4.69, 9.17) is 4.99 Å². The Morgan fingerprint density at radius 3 is 1.86 bits per heavy atom. The Morgan fingerprint density at radius 1 is 0.828 bits per heavy atom. The van der Waals surface area contributed by atoms with E-state index < -0.39 is 0 Å². The van der Waals surface area contributed by atoms with Crippen LogP contribution in [0.3, 0.4) is 0 Å². The quantitative estimate of drug-likeness (QED) is 0.135. The third-order valence-corrected chi connectivity index (χ3v) is 6.75. The molecule has 1 N–H and O–H groups in total. The second-order valence-electron chi connectivity index (χ2n) is 9.05. The number of hydrogen-bond acceptors (Lipinski definition) is 2. The number of aliphatic hydroxyl groups excluding tert-OH is 1. The lowest BCUT2D eigenvalue weighted by molar-refractivity contribution is -0.882. The number of amidine groups is 1. The summed E-state index contributed by atoms with van der Waals surface area (Å²) in [6.07, 6.45) is 25.9. The third-order valence-electron chi connectivity index (χ3n) is 6.75. The molecule has 3 nitrogen and oxygen atoms in total. The average Bonchev–Trinajstić information content (AvgIpc) is 3.14. The van der Waals surface area contributed by atoms with Crippen LogP contribution in [0.2, 0.25) is 0 Å². The predicted molar refractivity (Wildman–Crippen MR) is 128 cm³/mol. The van der Waals surface area contributed by atoms with Gasteiger partial charge < -0.3 is 5.11 Å². The van der Waals surface area contributed by atoms with Crippen LogP contribution in [0.25, 0.3) is 0 Å². The highest BCUT2D eigenvalue weighted by atomic mass is 16.3. The molecule has 0 aliphatic carbocycles. The van der Waals surface area contributed by atoms with E-state index in [1.807, 2.05) is 6.92 Å². The van der Waals surface area contributed by atoms with E-state index in [1.165, 1.54) is 102 Å². The normalized spacial score (nSPS) is 20.5. The van der Waals surface area contributed by atoms with Crippen LogP contribution in [0.1, 0.15) is 124 Å². The third kappa shape index (κ3) is 10.8. The molecule has 0 aromatic carbocycles. The Balaban J connectivity index is 1.90. The maximum atomic E-state index is 10.2. The number of allylic oxidation sites excluding steroid dienone is 2. The minimum Gasteiger partial charge on any atom is -0.345 e. The van der Waals surface area contributed by atoms with Crippen molar-refractivity contribution < 1.29 is 9.59 Å². The van der Waals surface area contributed by atoms with Crippen molar-refractivity contribution in [3.8, 4) is 0 Å². The fraction of sp³-hybridized carbons (Fsp3) is 0.885. The van der Waals surface area contributed by atoms with Gasteiger partial charge in [0.1, 0.15) is 6.54 Å². The molecule has 170 valence electrons. The van der Waals surface area contributed by atoms with Crippen LogP contribution in [0.4, 0.5) is 0 Å². The average molecular weight is 408 g/mol. The number of nitrogens with zero attached hydrogens (tertiary/aromatic N) is 2. The zero-order chi connectivity index (χ0) is 21.2. The van der Waals surface area contributed by atoms with Crippen molar-refractivity contribution in [2.24, 2.45) is 4.99 Å². The van der Waals surface area contributed by atoms with Crippen LogP contribution in [0.15, 0.2) is 17.1 Å². The van der Waals surface area contributed by atoms with Crippen molar-refractivity contribution in [2.45, 2.75) is 130 Å². The summed E-state index contributed by atoms with van der Waals surface area (Å²) < 4.78 is 0.715. The molecule has 1 aliphatic heterocycles. The first-order valence-corrected chi connectivity index (χ1v) is 12.9. The minimum atomic E-state index is -0.318. The van der Waals surface area contributed by atoms with Gasteiger partial charge in [-0.3, -0.25) is 4.48 Å². The van der Waals surface area contributed by atoms with Gasteiger partial charge in [0.15, 0.2) is 6.23 Å². The topological polar surface area (TPSA) is 32.6 Å². The highest BCUT2D eigenvalue weighted by Gasteiger charge is 2.40. The number of aliphatic hydroxyl groups is 1. The molecule has 1 heterocycles. The second kappa shape index (κ2) is 17.1. The summed E-state index contributed by atoms with van der Waals surface area (Å²) in [7, 11) is 0. The van der Waals surface area contributed by atoms with Crippen molar-refractivity contribution in [2.75, 3.05) is 19.6 Å². The Morgan fingerprint density at radius 2 is 1.34 bits per heavy atom. The van der Waals surface area contributed by atoms with E-state index in [0.29, 0.717) is 4.48 Å². The summed E-state index contributed by atoms with van der Waals surface area (Å²) in [5, 5.41) is 10.2. The Bertz CT molecular complexity index is 444. The van der Waals surface area contributed by atoms with Gasteiger partial charge in [0, 0.05) is 13.3 Å². The molecule has 0 aromatic rings. The molecule has 0 saturated heterocycles. The highest BCUT2D eigenvalue weighted by molar-refractivity contribution is 5.76. The van der Waals surface area contributed by atoms with E-state index in [0.717, 1.165) is 26.1 Å². The van der Waals surface area contributed by atoms with Crippen LogP contribution in [0, 0.1) is 0 Å². The Hall–Kier alpha value is -0.670. The van der Waals surface area contributed by atoms with Crippen LogP contribution in [-0.4, -0.2) is 41.3 Å². The number of quaternary nitrogens is 1. The zero-order valence-corrected chi connectivity index (χ0v) is 20.0. The largest absolute Gasteiger partial charge is 0.345 e. The van der Waals surface area contributed by atoms with Gasteiger partial charge in [0.2, 0.25) is 5.84 Å². The smallest absolute Gasteiger partial charge is 0.200 e. The lowest BCUT2D eigenvalue weighted by Crippen LogP contribution is -2.56. The number of aliphatic imine (C=N–C) groups is 1. The van der Waals surface area contributed by atoms with Crippen LogP contribution in [-0.2, 0) is 0 Å². The Labute approximate surface area is 182 Å². The number of rotatable bonds is 19. The van der Waals surface area contributed by atoms with Gasteiger partial charge in [0.05, 0.1) is 13.1 Å². The van der Waals surface area contributed by atoms with Gasteiger partial charge in [-0.25, -0.2) is 4.99 Å². The van der Waals surface area contributed by atoms with E-state index in [9.17, 15) is 5.11 Å². The molecule has 0 aromatic heterocycles. The van der Waals surface area contributed by atoms with E-state index in [1.54, 1.807) is 0 Å². The number of unbranched alkanes of at least 4 members (excludes halogenated alkanes) is 13. The summed E-state index contributed by atoms with van der Waals surface area (Å²) in [5.41, 5.74) is 0. The van der Waals surface area contributed by atoms with Gasteiger partial charge in [-0.1, -0.05) is 83.3 Å². The standard InChI is InChI=1S/C26H51N2O/c1-4-6-7-8-9-10-11-12-13-14-15-16-17-18-19-20-21-22-26-27-23-24-28(26,5-2)25(3)29/h12-13,25,29H,4-11,14-24H2,1-3H3/q+1/b13-12+. The molecular formula is C26H51N2O+.